The van der Waals surface area contributed by atoms with Crippen LogP contribution in [0.3, 0.4) is 0 Å². The fourth-order valence-corrected chi connectivity index (χ4v) is 2.88. The van der Waals surface area contributed by atoms with Gasteiger partial charge in [-0.25, -0.2) is 0 Å². The van der Waals surface area contributed by atoms with Crippen molar-refractivity contribution in [1.82, 2.24) is 19.6 Å². The molecular formula is C19H23N5O2. The largest absolute Gasteiger partial charge is 0.497 e. The van der Waals surface area contributed by atoms with E-state index in [0.717, 1.165) is 34.1 Å². The molecule has 0 spiro atoms. The summed E-state index contributed by atoms with van der Waals surface area (Å²) in [6.07, 6.45) is 1.58. The highest BCUT2D eigenvalue weighted by Gasteiger charge is 2.18. The molecule has 0 fully saturated rings. The van der Waals surface area contributed by atoms with Gasteiger partial charge in [0, 0.05) is 12.7 Å². The van der Waals surface area contributed by atoms with E-state index in [2.05, 4.69) is 15.5 Å². The Morgan fingerprint density at radius 3 is 2.65 bits per heavy atom. The third-order valence-corrected chi connectivity index (χ3v) is 4.57. The molecule has 0 saturated carbocycles. The molecule has 3 rings (SSSR count). The fourth-order valence-electron chi connectivity index (χ4n) is 2.88. The van der Waals surface area contributed by atoms with Crippen molar-refractivity contribution in [3.8, 4) is 5.75 Å². The quantitative estimate of drug-likeness (QED) is 0.765. The molecule has 0 saturated heterocycles. The van der Waals surface area contributed by atoms with E-state index in [-0.39, 0.29) is 5.91 Å². The van der Waals surface area contributed by atoms with Gasteiger partial charge < -0.3 is 10.1 Å². The predicted molar refractivity (Wildman–Crippen MR) is 99.7 cm³/mol. The fraction of sp³-hybridized carbons (Fsp3) is 0.316. The Morgan fingerprint density at radius 1 is 1.23 bits per heavy atom. The minimum absolute atomic E-state index is 0.178. The van der Waals surface area contributed by atoms with E-state index < -0.39 is 0 Å². The zero-order chi connectivity index (χ0) is 18.8. The van der Waals surface area contributed by atoms with E-state index in [0.29, 0.717) is 12.1 Å². The lowest BCUT2D eigenvalue weighted by Gasteiger charge is -2.08. The molecule has 7 nitrogen and oxygen atoms in total. The van der Waals surface area contributed by atoms with Crippen molar-refractivity contribution < 1.29 is 9.53 Å². The van der Waals surface area contributed by atoms with Gasteiger partial charge in [0.25, 0.3) is 5.91 Å². The molecule has 2 aromatic heterocycles. The highest BCUT2D eigenvalue weighted by atomic mass is 16.5. The first kappa shape index (κ1) is 17.7. The molecule has 2 heterocycles. The van der Waals surface area contributed by atoms with Crippen molar-refractivity contribution in [2.75, 3.05) is 12.4 Å². The summed E-state index contributed by atoms with van der Waals surface area (Å²) < 4.78 is 8.84. The first-order valence-electron chi connectivity index (χ1n) is 8.37. The Kier molecular flexibility index (Phi) is 4.79. The van der Waals surface area contributed by atoms with E-state index in [1.807, 2.05) is 56.8 Å². The molecule has 0 aliphatic rings. The Bertz CT molecular complexity index is 955. The number of nitrogens with one attached hydrogen (secondary N) is 1. The SMILES string of the molecule is COc1cccc(Cn2nc(C)c(NC(=O)c3cnn(C)c3C)c2C)c1. The van der Waals surface area contributed by atoms with E-state index in [1.165, 1.54) is 0 Å². The summed E-state index contributed by atoms with van der Waals surface area (Å²) in [6, 6.07) is 7.87. The number of hydrogen-bond acceptors (Lipinski definition) is 4. The van der Waals surface area contributed by atoms with Crippen LogP contribution in [0.4, 0.5) is 5.69 Å². The standard InChI is InChI=1S/C19H23N5O2/c1-12-18(21-19(25)17-10-20-23(4)13(17)2)14(3)24(22-12)11-15-7-6-8-16(9-15)26-5/h6-10H,11H2,1-5H3,(H,21,25). The normalized spacial score (nSPS) is 10.8. The van der Waals surface area contributed by atoms with Crippen molar-refractivity contribution in [3.63, 3.8) is 0 Å². The molecule has 0 aliphatic heterocycles. The van der Waals surface area contributed by atoms with Gasteiger partial charge in [0.15, 0.2) is 0 Å². The van der Waals surface area contributed by atoms with Crippen LogP contribution in [0.1, 0.15) is 33.0 Å². The predicted octanol–water partition coefficient (Wildman–Crippen LogP) is 2.85. The molecule has 3 aromatic rings. The first-order valence-corrected chi connectivity index (χ1v) is 8.37. The molecule has 0 unspecified atom stereocenters. The van der Waals surface area contributed by atoms with Crippen LogP contribution in [-0.4, -0.2) is 32.6 Å². The van der Waals surface area contributed by atoms with E-state index in [1.54, 1.807) is 18.0 Å². The number of ether oxygens (including phenoxy) is 1. The molecule has 1 amide bonds. The van der Waals surface area contributed by atoms with Gasteiger partial charge in [0.2, 0.25) is 0 Å². The molecule has 0 radical (unpaired) electrons. The van der Waals surface area contributed by atoms with Gasteiger partial charge in [-0.15, -0.1) is 0 Å². The minimum Gasteiger partial charge on any atom is -0.497 e. The Balaban J connectivity index is 1.83. The number of aromatic nitrogens is 4. The van der Waals surface area contributed by atoms with Crippen LogP contribution in [0, 0.1) is 20.8 Å². The van der Waals surface area contributed by atoms with Gasteiger partial charge in [-0.2, -0.15) is 10.2 Å². The maximum absolute atomic E-state index is 12.6. The molecule has 1 aromatic carbocycles. The first-order chi connectivity index (χ1) is 12.4. The van der Waals surface area contributed by atoms with E-state index >= 15 is 0 Å². The summed E-state index contributed by atoms with van der Waals surface area (Å²) >= 11 is 0. The lowest BCUT2D eigenvalue weighted by Crippen LogP contribution is -2.14. The van der Waals surface area contributed by atoms with Gasteiger partial charge in [0.05, 0.1) is 42.5 Å². The Hall–Kier alpha value is -3.09. The zero-order valence-corrected chi connectivity index (χ0v) is 15.7. The lowest BCUT2D eigenvalue weighted by atomic mass is 10.2. The number of nitrogens with zero attached hydrogens (tertiary/aromatic N) is 4. The van der Waals surface area contributed by atoms with E-state index in [9.17, 15) is 4.79 Å². The molecule has 0 bridgehead atoms. The summed E-state index contributed by atoms with van der Waals surface area (Å²) in [5.41, 5.74) is 4.88. The number of anilines is 1. The van der Waals surface area contributed by atoms with Crippen LogP contribution >= 0.6 is 0 Å². The Morgan fingerprint density at radius 2 is 2.00 bits per heavy atom. The average molecular weight is 353 g/mol. The number of carbonyl (C=O) groups is 1. The van der Waals surface area contributed by atoms with E-state index in [4.69, 9.17) is 4.74 Å². The van der Waals surface area contributed by atoms with Gasteiger partial charge in [-0.3, -0.25) is 14.2 Å². The van der Waals surface area contributed by atoms with Crippen LogP contribution in [0.2, 0.25) is 0 Å². The molecule has 7 heteroatoms. The Labute approximate surface area is 152 Å². The van der Waals surface area contributed by atoms with Gasteiger partial charge >= 0.3 is 0 Å². The minimum atomic E-state index is -0.178. The van der Waals surface area contributed by atoms with Crippen molar-refractivity contribution in [1.29, 1.82) is 0 Å². The second-order valence-electron chi connectivity index (χ2n) is 6.28. The van der Waals surface area contributed by atoms with Gasteiger partial charge in [-0.1, -0.05) is 12.1 Å². The number of hydrogen-bond donors (Lipinski definition) is 1. The zero-order valence-electron chi connectivity index (χ0n) is 15.7. The third-order valence-electron chi connectivity index (χ3n) is 4.57. The highest BCUT2D eigenvalue weighted by Crippen LogP contribution is 2.22. The van der Waals surface area contributed by atoms with Crippen LogP contribution in [0.15, 0.2) is 30.5 Å². The summed E-state index contributed by atoms with van der Waals surface area (Å²) in [4.78, 5) is 12.6. The number of benzene rings is 1. The van der Waals surface area contributed by atoms with Crippen molar-refractivity contribution in [3.05, 3.63) is 58.7 Å². The molecule has 26 heavy (non-hydrogen) atoms. The summed E-state index contributed by atoms with van der Waals surface area (Å²) in [5, 5.41) is 11.7. The van der Waals surface area contributed by atoms with Crippen molar-refractivity contribution >= 4 is 11.6 Å². The van der Waals surface area contributed by atoms with Crippen LogP contribution < -0.4 is 10.1 Å². The number of aryl methyl sites for hydroxylation is 2. The number of amides is 1. The number of rotatable bonds is 5. The summed E-state index contributed by atoms with van der Waals surface area (Å²) in [6.45, 7) is 6.31. The molecular weight excluding hydrogens is 330 g/mol. The highest BCUT2D eigenvalue weighted by molar-refractivity contribution is 6.05. The number of carbonyl (C=O) groups excluding carboxylic acids is 1. The van der Waals surface area contributed by atoms with Gasteiger partial charge in [-0.05, 0) is 38.5 Å². The van der Waals surface area contributed by atoms with Crippen LogP contribution in [0.5, 0.6) is 5.75 Å². The lowest BCUT2D eigenvalue weighted by molar-refractivity contribution is 0.102. The van der Waals surface area contributed by atoms with Crippen LogP contribution in [-0.2, 0) is 13.6 Å². The monoisotopic (exact) mass is 353 g/mol. The van der Waals surface area contributed by atoms with Crippen molar-refractivity contribution in [2.24, 2.45) is 7.05 Å². The second-order valence-corrected chi connectivity index (χ2v) is 6.28. The average Bonchev–Trinajstić information content (AvgIpc) is 3.09. The maximum atomic E-state index is 12.6. The molecule has 1 N–H and O–H groups in total. The van der Waals surface area contributed by atoms with Crippen LogP contribution in [0.25, 0.3) is 0 Å². The second kappa shape index (κ2) is 7.03. The summed E-state index contributed by atoms with van der Waals surface area (Å²) in [7, 11) is 3.46. The topological polar surface area (TPSA) is 74.0 Å². The molecule has 136 valence electrons. The van der Waals surface area contributed by atoms with Gasteiger partial charge in [0.1, 0.15) is 5.75 Å². The third kappa shape index (κ3) is 3.33. The smallest absolute Gasteiger partial charge is 0.259 e. The van der Waals surface area contributed by atoms with Crippen molar-refractivity contribution in [2.45, 2.75) is 27.3 Å². The molecule has 0 aliphatic carbocycles. The summed E-state index contributed by atoms with van der Waals surface area (Å²) in [5.74, 6) is 0.632. The molecule has 0 atom stereocenters. The maximum Gasteiger partial charge on any atom is 0.259 e. The number of methoxy groups -OCH3 is 1.